The van der Waals surface area contributed by atoms with E-state index in [0.29, 0.717) is 36.0 Å². The number of nitrogens with two attached hydrogens (primary N) is 2. The summed E-state index contributed by atoms with van der Waals surface area (Å²) in [5.41, 5.74) is 17.4. The lowest BCUT2D eigenvalue weighted by Gasteiger charge is -2.14. The Morgan fingerprint density at radius 2 is 1.54 bits per heavy atom. The number of hydrogen-bond donors (Lipinski definition) is 3. The zero-order valence-electron chi connectivity index (χ0n) is 19.3. The number of benzene rings is 3. The molecule has 4 aromatic rings. The van der Waals surface area contributed by atoms with Gasteiger partial charge in [0.25, 0.3) is 0 Å². The summed E-state index contributed by atoms with van der Waals surface area (Å²) in [6.07, 6.45) is 0. The van der Waals surface area contributed by atoms with Crippen LogP contribution >= 0.6 is 0 Å². The van der Waals surface area contributed by atoms with Crippen LogP contribution in [0.5, 0.6) is 5.75 Å². The Hall–Kier alpha value is -4.17. The first-order valence-corrected chi connectivity index (χ1v) is 11.3. The van der Waals surface area contributed by atoms with Crippen molar-refractivity contribution in [2.24, 2.45) is 0 Å². The SMILES string of the molecule is Nc1nc(N)c(-c2ccc(NCc3ccc(OCC[18F])cc3)cc2)c(COCc2ccccc2)n1. The molecule has 1 heterocycles. The van der Waals surface area contributed by atoms with E-state index in [2.05, 4.69) is 15.3 Å². The van der Waals surface area contributed by atoms with Gasteiger partial charge in [0.1, 0.15) is 24.8 Å². The van der Waals surface area contributed by atoms with Crippen molar-refractivity contribution < 1.29 is 13.9 Å². The molecular weight excluding hydrogens is 444 g/mol. The third-order valence-corrected chi connectivity index (χ3v) is 5.32. The molecule has 0 bridgehead atoms. The van der Waals surface area contributed by atoms with Crippen LogP contribution in [0.15, 0.2) is 78.9 Å². The summed E-state index contributed by atoms with van der Waals surface area (Å²) in [7, 11) is 0. The van der Waals surface area contributed by atoms with Gasteiger partial charge in [0.15, 0.2) is 0 Å². The summed E-state index contributed by atoms with van der Waals surface area (Å²) in [6, 6.07) is 25.3. The lowest BCUT2D eigenvalue weighted by Crippen LogP contribution is -2.08. The largest absolute Gasteiger partial charge is 0.491 e. The van der Waals surface area contributed by atoms with Gasteiger partial charge in [0.05, 0.1) is 18.9 Å². The predicted molar refractivity (Wildman–Crippen MR) is 136 cm³/mol. The Morgan fingerprint density at radius 3 is 2.26 bits per heavy atom. The minimum absolute atomic E-state index is 0.0639. The molecule has 0 atom stereocenters. The Bertz CT molecular complexity index is 1220. The van der Waals surface area contributed by atoms with Crippen molar-refractivity contribution in [3.05, 3.63) is 95.7 Å². The van der Waals surface area contributed by atoms with Gasteiger partial charge in [-0.2, -0.15) is 4.98 Å². The molecule has 0 spiro atoms. The molecule has 0 aliphatic rings. The van der Waals surface area contributed by atoms with E-state index in [-0.39, 0.29) is 19.2 Å². The molecule has 0 saturated heterocycles. The smallest absolute Gasteiger partial charge is 0.222 e. The van der Waals surface area contributed by atoms with Crippen molar-refractivity contribution in [2.75, 3.05) is 30.1 Å². The van der Waals surface area contributed by atoms with Crippen molar-refractivity contribution in [3.8, 4) is 16.9 Å². The fraction of sp³-hybridized carbons (Fsp3) is 0.185. The van der Waals surface area contributed by atoms with Gasteiger partial charge < -0.3 is 26.3 Å². The van der Waals surface area contributed by atoms with Crippen LogP contribution in [-0.2, 0) is 24.5 Å². The predicted octanol–water partition coefficient (Wildman–Crippen LogP) is 4.99. The number of aromatic nitrogens is 2. The van der Waals surface area contributed by atoms with Gasteiger partial charge in [0.2, 0.25) is 5.95 Å². The number of halogens is 1. The van der Waals surface area contributed by atoms with E-state index in [0.717, 1.165) is 22.4 Å². The molecule has 4 rings (SSSR count). The molecule has 0 saturated carbocycles. The average Bonchev–Trinajstić information content (AvgIpc) is 2.88. The maximum absolute atomic E-state index is 12.2. The third kappa shape index (κ3) is 6.68. The van der Waals surface area contributed by atoms with Gasteiger partial charge in [-0.25, -0.2) is 9.37 Å². The molecule has 1 aromatic heterocycles. The first kappa shape index (κ1) is 24.0. The fourth-order valence-electron chi connectivity index (χ4n) is 3.62. The number of nitrogen functional groups attached to an aromatic ring is 2. The lowest BCUT2D eigenvalue weighted by molar-refractivity contribution is 0.105. The van der Waals surface area contributed by atoms with Crippen LogP contribution in [0, 0.1) is 0 Å². The van der Waals surface area contributed by atoms with Gasteiger partial charge in [-0.15, -0.1) is 0 Å². The van der Waals surface area contributed by atoms with E-state index < -0.39 is 6.67 Å². The Balaban J connectivity index is 1.41. The first-order chi connectivity index (χ1) is 17.1. The molecule has 0 radical (unpaired) electrons. The Kier molecular flexibility index (Phi) is 8.08. The number of hydrogen-bond acceptors (Lipinski definition) is 7. The van der Waals surface area contributed by atoms with Crippen molar-refractivity contribution in [1.82, 2.24) is 9.97 Å². The van der Waals surface area contributed by atoms with Crippen LogP contribution < -0.4 is 21.5 Å². The fourth-order valence-corrected chi connectivity index (χ4v) is 3.62. The highest BCUT2D eigenvalue weighted by Crippen LogP contribution is 2.30. The number of rotatable bonds is 11. The van der Waals surface area contributed by atoms with Crippen LogP contribution in [0.25, 0.3) is 11.1 Å². The highest BCUT2D eigenvalue weighted by atomic mass is 18.2. The minimum atomic E-state index is -0.504. The summed E-state index contributed by atoms with van der Waals surface area (Å²) in [5.74, 6) is 1.08. The Morgan fingerprint density at radius 1 is 0.800 bits per heavy atom. The maximum atomic E-state index is 12.2. The van der Waals surface area contributed by atoms with E-state index in [1.165, 1.54) is 0 Å². The van der Waals surface area contributed by atoms with Crippen molar-refractivity contribution in [1.29, 1.82) is 0 Å². The molecule has 180 valence electrons. The molecule has 3 aromatic carbocycles. The highest BCUT2D eigenvalue weighted by molar-refractivity contribution is 5.77. The second-order valence-corrected chi connectivity index (χ2v) is 7.88. The molecule has 0 fully saturated rings. The van der Waals surface area contributed by atoms with E-state index in [1.54, 1.807) is 0 Å². The van der Waals surface area contributed by atoms with Crippen LogP contribution in [0.3, 0.4) is 0 Å². The highest BCUT2D eigenvalue weighted by Gasteiger charge is 2.14. The maximum Gasteiger partial charge on any atom is 0.222 e. The number of nitrogens with one attached hydrogen (secondary N) is 1. The zero-order chi connectivity index (χ0) is 24.5. The van der Waals surface area contributed by atoms with Crippen LogP contribution in [0.1, 0.15) is 16.8 Å². The first-order valence-electron chi connectivity index (χ1n) is 11.3. The number of ether oxygens (including phenoxy) is 2. The second-order valence-electron chi connectivity index (χ2n) is 7.88. The summed E-state index contributed by atoms with van der Waals surface area (Å²) < 4.78 is 23.4. The normalized spacial score (nSPS) is 10.8. The van der Waals surface area contributed by atoms with Crippen LogP contribution in [0.2, 0.25) is 0 Å². The van der Waals surface area contributed by atoms with Gasteiger partial charge in [-0.3, -0.25) is 0 Å². The number of alkyl halides is 1. The molecular formula is C27H28FN5O2. The van der Waals surface area contributed by atoms with E-state index >= 15 is 0 Å². The van der Waals surface area contributed by atoms with Gasteiger partial charge in [0, 0.05) is 17.8 Å². The number of anilines is 3. The molecule has 7 nitrogen and oxygen atoms in total. The van der Waals surface area contributed by atoms with Crippen molar-refractivity contribution in [3.63, 3.8) is 0 Å². The Labute approximate surface area is 203 Å². The lowest BCUT2D eigenvalue weighted by atomic mass is 10.0. The quantitative estimate of drug-likeness (QED) is 0.282. The van der Waals surface area contributed by atoms with Crippen molar-refractivity contribution in [2.45, 2.75) is 19.8 Å². The van der Waals surface area contributed by atoms with Crippen molar-refractivity contribution >= 4 is 17.5 Å². The summed E-state index contributed by atoms with van der Waals surface area (Å²) in [6.45, 7) is 0.903. The molecule has 0 unspecified atom stereocenters. The minimum Gasteiger partial charge on any atom is -0.491 e. The molecule has 5 N–H and O–H groups in total. The topological polar surface area (TPSA) is 108 Å². The standard InChI is InChI=1S/C27H28FN5O2/c28-14-15-35-23-12-6-19(7-13-23)16-31-22-10-8-21(9-11-22)25-24(32-27(30)33-26(25)29)18-34-17-20-4-2-1-3-5-20/h1-13,31H,14-18H2,(H4,29,30,32,33)/i28-1. The molecule has 0 amide bonds. The van der Waals surface area contributed by atoms with Crippen LogP contribution in [-0.4, -0.2) is 23.2 Å². The van der Waals surface area contributed by atoms with Gasteiger partial charge in [-0.05, 0) is 41.0 Å². The molecule has 35 heavy (non-hydrogen) atoms. The monoisotopic (exact) mass is 472 g/mol. The average molecular weight is 473 g/mol. The van der Waals surface area contributed by atoms with Gasteiger partial charge >= 0.3 is 0 Å². The number of nitrogens with zero attached hydrogens (tertiary/aromatic N) is 2. The van der Waals surface area contributed by atoms with E-state index in [9.17, 15) is 4.39 Å². The van der Waals surface area contributed by atoms with E-state index in [4.69, 9.17) is 20.9 Å². The summed E-state index contributed by atoms with van der Waals surface area (Å²) in [5, 5.41) is 3.39. The second kappa shape index (κ2) is 11.8. The summed E-state index contributed by atoms with van der Waals surface area (Å²) in [4.78, 5) is 8.52. The molecule has 0 aliphatic carbocycles. The van der Waals surface area contributed by atoms with Crippen LogP contribution in [0.4, 0.5) is 21.8 Å². The van der Waals surface area contributed by atoms with E-state index in [1.807, 2.05) is 78.9 Å². The van der Waals surface area contributed by atoms with Gasteiger partial charge in [-0.1, -0.05) is 54.6 Å². The molecule has 8 heteroatoms. The summed E-state index contributed by atoms with van der Waals surface area (Å²) >= 11 is 0. The third-order valence-electron chi connectivity index (χ3n) is 5.32. The molecule has 0 aliphatic heterocycles. The zero-order valence-corrected chi connectivity index (χ0v) is 19.3.